The second kappa shape index (κ2) is 6.09. The Morgan fingerprint density at radius 1 is 1.08 bits per heavy atom. The first kappa shape index (κ1) is 17.3. The van der Waals surface area contributed by atoms with Gasteiger partial charge in [0.15, 0.2) is 0 Å². The van der Waals surface area contributed by atoms with Crippen molar-refractivity contribution in [2.75, 3.05) is 7.05 Å². The Morgan fingerprint density at radius 2 is 1.76 bits per heavy atom. The van der Waals surface area contributed by atoms with Crippen LogP contribution in [-0.2, 0) is 10.0 Å². The molecular formula is C18H19N3O3S. The summed E-state index contributed by atoms with van der Waals surface area (Å²) in [5.74, 6) is 0.432. The van der Waals surface area contributed by atoms with E-state index in [0.717, 1.165) is 11.1 Å². The van der Waals surface area contributed by atoms with Crippen molar-refractivity contribution in [3.63, 3.8) is 0 Å². The van der Waals surface area contributed by atoms with E-state index in [4.69, 9.17) is 0 Å². The summed E-state index contributed by atoms with van der Waals surface area (Å²) in [5, 5.41) is 0.493. The van der Waals surface area contributed by atoms with Gasteiger partial charge in [-0.25, -0.2) is 18.1 Å². The maximum absolute atomic E-state index is 13.2. The van der Waals surface area contributed by atoms with Crippen molar-refractivity contribution in [3.05, 3.63) is 63.7 Å². The molecule has 0 amide bonds. The van der Waals surface area contributed by atoms with Crippen LogP contribution in [0.2, 0.25) is 0 Å². The lowest BCUT2D eigenvalue weighted by Crippen LogP contribution is -2.27. The topological polar surface area (TPSA) is 81.1 Å². The van der Waals surface area contributed by atoms with Gasteiger partial charge in [-0.2, -0.15) is 0 Å². The van der Waals surface area contributed by atoms with Crippen LogP contribution in [0, 0.1) is 20.8 Å². The number of hydrogen-bond acceptors (Lipinski definition) is 4. The van der Waals surface area contributed by atoms with Crippen LogP contribution >= 0.6 is 0 Å². The second-order valence-corrected chi connectivity index (χ2v) is 7.81. The lowest BCUT2D eigenvalue weighted by atomic mass is 10.1. The van der Waals surface area contributed by atoms with Crippen molar-refractivity contribution in [1.82, 2.24) is 14.3 Å². The molecule has 0 atom stereocenters. The quantitative estimate of drug-likeness (QED) is 0.779. The highest BCUT2D eigenvalue weighted by Crippen LogP contribution is 2.22. The van der Waals surface area contributed by atoms with Gasteiger partial charge in [0.1, 0.15) is 10.7 Å². The molecule has 1 aromatic heterocycles. The smallest absolute Gasteiger partial charge is 0.266 e. The molecule has 0 spiro atoms. The Bertz CT molecular complexity index is 1150. The minimum Gasteiger partial charge on any atom is -0.268 e. The van der Waals surface area contributed by atoms with Crippen LogP contribution in [0.3, 0.4) is 0 Å². The van der Waals surface area contributed by atoms with E-state index < -0.39 is 10.0 Å². The van der Waals surface area contributed by atoms with E-state index in [1.807, 2.05) is 26.0 Å². The van der Waals surface area contributed by atoms with E-state index in [1.165, 1.54) is 17.7 Å². The molecule has 3 aromatic rings. The standard InChI is InChI=1S/C18H19N3O3S/c1-11-9-12(2)17-14(10-11)20-13(3)21(18(17)22)15-7-5-6-8-16(15)25(23,24)19-4/h5-10,19H,1-4H3. The van der Waals surface area contributed by atoms with Gasteiger partial charge in [0.05, 0.1) is 16.6 Å². The van der Waals surface area contributed by atoms with Gasteiger partial charge < -0.3 is 0 Å². The Labute approximate surface area is 146 Å². The number of nitrogens with zero attached hydrogens (tertiary/aromatic N) is 2. The molecular weight excluding hydrogens is 338 g/mol. The van der Waals surface area contributed by atoms with Crippen LogP contribution in [0.1, 0.15) is 17.0 Å². The third-order valence-corrected chi connectivity index (χ3v) is 5.61. The summed E-state index contributed by atoms with van der Waals surface area (Å²) in [6, 6.07) is 10.2. The largest absolute Gasteiger partial charge is 0.268 e. The van der Waals surface area contributed by atoms with Crippen molar-refractivity contribution in [2.45, 2.75) is 25.7 Å². The summed E-state index contributed by atoms with van der Waals surface area (Å²) in [4.78, 5) is 17.7. The molecule has 25 heavy (non-hydrogen) atoms. The fourth-order valence-corrected chi connectivity index (χ4v) is 3.97. The van der Waals surface area contributed by atoms with E-state index in [2.05, 4.69) is 9.71 Å². The number of nitrogens with one attached hydrogen (secondary N) is 1. The number of aromatic nitrogens is 2. The average molecular weight is 357 g/mol. The van der Waals surface area contributed by atoms with Crippen LogP contribution in [0.4, 0.5) is 0 Å². The van der Waals surface area contributed by atoms with Crippen molar-refractivity contribution in [2.24, 2.45) is 0 Å². The number of hydrogen-bond donors (Lipinski definition) is 1. The maximum atomic E-state index is 13.2. The summed E-state index contributed by atoms with van der Waals surface area (Å²) >= 11 is 0. The van der Waals surface area contributed by atoms with E-state index in [0.29, 0.717) is 16.7 Å². The fourth-order valence-electron chi connectivity index (χ4n) is 3.06. The fraction of sp³-hybridized carbons (Fsp3) is 0.222. The molecule has 0 saturated carbocycles. The lowest BCUT2D eigenvalue weighted by Gasteiger charge is -2.15. The van der Waals surface area contributed by atoms with Crippen LogP contribution in [0.25, 0.3) is 16.6 Å². The molecule has 1 heterocycles. The number of rotatable bonds is 3. The minimum absolute atomic E-state index is 0.0358. The molecule has 0 unspecified atom stereocenters. The molecule has 0 aliphatic heterocycles. The zero-order chi connectivity index (χ0) is 18.4. The molecule has 0 aliphatic carbocycles. The number of fused-ring (bicyclic) bond motifs is 1. The summed E-state index contributed by atoms with van der Waals surface area (Å²) in [7, 11) is -2.38. The third kappa shape index (κ3) is 2.85. The first-order chi connectivity index (χ1) is 11.8. The van der Waals surface area contributed by atoms with Gasteiger partial charge in [-0.3, -0.25) is 9.36 Å². The number of sulfonamides is 1. The van der Waals surface area contributed by atoms with Crippen molar-refractivity contribution in [3.8, 4) is 5.69 Å². The molecule has 1 N–H and O–H groups in total. The highest BCUT2D eigenvalue weighted by atomic mass is 32.2. The van der Waals surface area contributed by atoms with E-state index >= 15 is 0 Å². The van der Waals surface area contributed by atoms with Gasteiger partial charge in [-0.05, 0) is 57.1 Å². The predicted molar refractivity (Wildman–Crippen MR) is 97.8 cm³/mol. The predicted octanol–water partition coefficient (Wildman–Crippen LogP) is 2.22. The SMILES string of the molecule is CNS(=O)(=O)c1ccccc1-n1c(C)nc2cc(C)cc(C)c2c1=O. The second-order valence-electron chi connectivity index (χ2n) is 5.95. The summed E-state index contributed by atoms with van der Waals surface area (Å²) in [6.45, 7) is 5.50. The highest BCUT2D eigenvalue weighted by molar-refractivity contribution is 7.89. The third-order valence-electron chi connectivity index (χ3n) is 4.15. The van der Waals surface area contributed by atoms with Gasteiger partial charge in [-0.1, -0.05) is 18.2 Å². The average Bonchev–Trinajstić information content (AvgIpc) is 2.54. The molecule has 130 valence electrons. The first-order valence-electron chi connectivity index (χ1n) is 7.80. The number of para-hydroxylation sites is 1. The zero-order valence-corrected chi connectivity index (χ0v) is 15.3. The van der Waals surface area contributed by atoms with Crippen LogP contribution in [0.15, 0.2) is 46.1 Å². The highest BCUT2D eigenvalue weighted by Gasteiger charge is 2.20. The van der Waals surface area contributed by atoms with Gasteiger partial charge in [0.2, 0.25) is 10.0 Å². The van der Waals surface area contributed by atoms with Gasteiger partial charge in [-0.15, -0.1) is 0 Å². The maximum Gasteiger partial charge on any atom is 0.266 e. The molecule has 2 aromatic carbocycles. The van der Waals surface area contributed by atoms with E-state index in [1.54, 1.807) is 25.1 Å². The molecule has 0 aliphatic rings. The summed E-state index contributed by atoms with van der Waals surface area (Å²) in [6.07, 6.45) is 0. The Hall–Kier alpha value is -2.51. The van der Waals surface area contributed by atoms with Gasteiger partial charge in [0, 0.05) is 0 Å². The Balaban J connectivity index is 2.45. The molecule has 3 rings (SSSR count). The van der Waals surface area contributed by atoms with Crippen molar-refractivity contribution < 1.29 is 8.42 Å². The minimum atomic E-state index is -3.72. The summed E-state index contributed by atoms with van der Waals surface area (Å²) in [5.41, 5.74) is 2.46. The van der Waals surface area contributed by atoms with Crippen molar-refractivity contribution >= 4 is 20.9 Å². The van der Waals surface area contributed by atoms with E-state index in [9.17, 15) is 13.2 Å². The molecule has 6 nitrogen and oxygen atoms in total. The Kier molecular flexibility index (Phi) is 4.22. The van der Waals surface area contributed by atoms with Crippen LogP contribution in [0.5, 0.6) is 0 Å². The van der Waals surface area contributed by atoms with Crippen molar-refractivity contribution in [1.29, 1.82) is 0 Å². The van der Waals surface area contributed by atoms with Crippen LogP contribution < -0.4 is 10.3 Å². The molecule has 7 heteroatoms. The molecule has 0 radical (unpaired) electrons. The lowest BCUT2D eigenvalue weighted by molar-refractivity contribution is 0.587. The van der Waals surface area contributed by atoms with Gasteiger partial charge >= 0.3 is 0 Å². The van der Waals surface area contributed by atoms with E-state index in [-0.39, 0.29) is 16.1 Å². The summed E-state index contributed by atoms with van der Waals surface area (Å²) < 4.78 is 28.3. The normalized spacial score (nSPS) is 11.8. The molecule has 0 fully saturated rings. The molecule has 0 saturated heterocycles. The van der Waals surface area contributed by atoms with Crippen LogP contribution in [-0.4, -0.2) is 25.0 Å². The van der Waals surface area contributed by atoms with Gasteiger partial charge in [0.25, 0.3) is 5.56 Å². The first-order valence-corrected chi connectivity index (χ1v) is 9.28. The zero-order valence-electron chi connectivity index (χ0n) is 14.5. The molecule has 0 bridgehead atoms. The monoisotopic (exact) mass is 357 g/mol. The Morgan fingerprint density at radius 3 is 2.44 bits per heavy atom. The number of aryl methyl sites for hydroxylation is 3. The number of benzene rings is 2.